The molecule has 0 saturated carbocycles. The highest BCUT2D eigenvalue weighted by Crippen LogP contribution is 2.41. The Hall–Kier alpha value is -3.43. The van der Waals surface area contributed by atoms with Crippen molar-refractivity contribution in [2.75, 3.05) is 5.32 Å². The van der Waals surface area contributed by atoms with Crippen LogP contribution in [0.4, 0.5) is 19.0 Å². The van der Waals surface area contributed by atoms with Crippen molar-refractivity contribution in [2.24, 2.45) is 0 Å². The van der Waals surface area contributed by atoms with Gasteiger partial charge in [0, 0.05) is 24.0 Å². The average Bonchev–Trinajstić information content (AvgIpc) is 2.96. The molecule has 4 rings (SSSR count). The van der Waals surface area contributed by atoms with Gasteiger partial charge in [-0.25, -0.2) is 18.3 Å². The molecule has 10 heteroatoms. The first kappa shape index (κ1) is 17.0. The van der Waals surface area contributed by atoms with Gasteiger partial charge in [-0.2, -0.15) is 14.9 Å². The van der Waals surface area contributed by atoms with Crippen LogP contribution >= 0.6 is 0 Å². The van der Waals surface area contributed by atoms with Gasteiger partial charge in [-0.3, -0.25) is 9.59 Å². The average molecular weight is 375 g/mol. The molecule has 7 nitrogen and oxygen atoms in total. The van der Waals surface area contributed by atoms with E-state index in [2.05, 4.69) is 20.6 Å². The fourth-order valence-electron chi connectivity index (χ4n) is 3.24. The summed E-state index contributed by atoms with van der Waals surface area (Å²) in [4.78, 5) is 23.4. The van der Waals surface area contributed by atoms with Gasteiger partial charge >= 0.3 is 0 Å². The summed E-state index contributed by atoms with van der Waals surface area (Å²) in [5.74, 6) is -5.06. The Bertz CT molecular complexity index is 1120. The molecule has 1 atom stereocenters. The van der Waals surface area contributed by atoms with E-state index in [4.69, 9.17) is 0 Å². The number of nitrogens with zero attached hydrogens (tertiary/aromatic N) is 3. The van der Waals surface area contributed by atoms with E-state index in [1.54, 1.807) is 6.92 Å². The maximum atomic E-state index is 14.3. The normalized spacial score (nSPS) is 16.1. The van der Waals surface area contributed by atoms with Gasteiger partial charge in [-0.05, 0) is 24.6 Å². The first-order valence-corrected chi connectivity index (χ1v) is 7.95. The van der Waals surface area contributed by atoms with E-state index in [-0.39, 0.29) is 23.6 Å². The van der Waals surface area contributed by atoms with Crippen LogP contribution < -0.4 is 10.9 Å². The maximum Gasteiger partial charge on any atom is 0.264 e. The molecule has 1 aliphatic rings. The molecule has 0 radical (unpaired) electrons. The number of nitrogens with one attached hydrogen (secondary N) is 2. The number of aromatic amines is 1. The van der Waals surface area contributed by atoms with Gasteiger partial charge in [0.15, 0.2) is 23.3 Å². The van der Waals surface area contributed by atoms with E-state index >= 15 is 0 Å². The molecule has 138 valence electrons. The molecule has 1 aromatic carbocycles. The second kappa shape index (κ2) is 6.08. The smallest absolute Gasteiger partial charge is 0.264 e. The van der Waals surface area contributed by atoms with E-state index in [9.17, 15) is 22.8 Å². The van der Waals surface area contributed by atoms with Crippen molar-refractivity contribution in [1.82, 2.24) is 20.0 Å². The van der Waals surface area contributed by atoms with Gasteiger partial charge < -0.3 is 5.32 Å². The number of hydrogen-bond acceptors (Lipinski definition) is 4. The van der Waals surface area contributed by atoms with E-state index in [1.807, 2.05) is 0 Å². The number of rotatable bonds is 2. The maximum absolute atomic E-state index is 14.3. The molecular formula is C17H12F3N5O2. The summed E-state index contributed by atoms with van der Waals surface area (Å²) in [6.45, 7) is 1.64. The van der Waals surface area contributed by atoms with E-state index in [0.717, 1.165) is 12.1 Å². The van der Waals surface area contributed by atoms with Gasteiger partial charge in [-0.15, -0.1) is 0 Å². The van der Waals surface area contributed by atoms with Gasteiger partial charge in [-0.1, -0.05) is 6.07 Å². The fraction of sp³-hybridized carbons (Fsp3) is 0.176. The lowest BCUT2D eigenvalue weighted by molar-refractivity contribution is -0.116. The van der Waals surface area contributed by atoms with Gasteiger partial charge in [0.2, 0.25) is 5.91 Å². The van der Waals surface area contributed by atoms with Crippen LogP contribution in [0.15, 0.2) is 29.1 Å². The number of anilines is 1. The molecule has 1 amide bonds. The molecule has 3 aromatic rings. The Morgan fingerprint density at radius 3 is 2.59 bits per heavy atom. The molecular weight excluding hydrogens is 363 g/mol. The highest BCUT2D eigenvalue weighted by atomic mass is 19.2. The van der Waals surface area contributed by atoms with Crippen molar-refractivity contribution in [3.8, 4) is 5.82 Å². The Balaban J connectivity index is 1.91. The van der Waals surface area contributed by atoms with Gasteiger partial charge in [0.1, 0.15) is 5.82 Å². The lowest BCUT2D eigenvalue weighted by Crippen LogP contribution is -2.26. The number of aromatic nitrogens is 4. The molecule has 0 spiro atoms. The molecule has 0 bridgehead atoms. The highest BCUT2D eigenvalue weighted by molar-refractivity contribution is 5.95. The van der Waals surface area contributed by atoms with Crippen LogP contribution in [-0.2, 0) is 4.79 Å². The number of carbonyl (C=O) groups excluding carboxylic acids is 1. The number of hydrogen-bond donors (Lipinski definition) is 2. The van der Waals surface area contributed by atoms with E-state index in [1.165, 1.54) is 16.8 Å². The lowest BCUT2D eigenvalue weighted by atomic mass is 9.85. The zero-order valence-electron chi connectivity index (χ0n) is 13.9. The number of amides is 1. The second-order valence-electron chi connectivity index (χ2n) is 6.11. The second-order valence-corrected chi connectivity index (χ2v) is 6.11. The van der Waals surface area contributed by atoms with Crippen LogP contribution in [0.5, 0.6) is 0 Å². The minimum Gasteiger partial charge on any atom is -0.310 e. The molecule has 1 aliphatic heterocycles. The highest BCUT2D eigenvalue weighted by Gasteiger charge is 2.35. The van der Waals surface area contributed by atoms with Crippen LogP contribution in [0, 0.1) is 24.4 Å². The van der Waals surface area contributed by atoms with Crippen LogP contribution in [-0.4, -0.2) is 25.9 Å². The standard InChI is InChI=1S/C17H12F3N5O2/c1-7-14-9(8-2-3-10(18)16(20)15(8)19)6-13(27)21-17(14)25(24-7)11-4-5-12(26)23-22-11/h2-5,9H,6H2,1H3,(H,21,27)(H,23,26). The van der Waals surface area contributed by atoms with Crippen molar-refractivity contribution >= 4 is 11.7 Å². The number of benzene rings is 1. The number of aryl methyl sites for hydroxylation is 1. The van der Waals surface area contributed by atoms with Gasteiger partial charge in [0.25, 0.3) is 5.56 Å². The molecule has 2 aromatic heterocycles. The number of fused-ring (bicyclic) bond motifs is 1. The number of carbonyl (C=O) groups is 1. The van der Waals surface area contributed by atoms with Crippen LogP contribution in [0.25, 0.3) is 5.82 Å². The third-order valence-corrected chi connectivity index (χ3v) is 4.42. The predicted molar refractivity (Wildman–Crippen MR) is 88.1 cm³/mol. The summed E-state index contributed by atoms with van der Waals surface area (Å²) in [5, 5.41) is 13.1. The van der Waals surface area contributed by atoms with Gasteiger partial charge in [0.05, 0.1) is 5.69 Å². The number of H-pyrrole nitrogens is 1. The summed E-state index contributed by atoms with van der Waals surface area (Å²) in [7, 11) is 0. The van der Waals surface area contributed by atoms with Crippen molar-refractivity contribution in [1.29, 1.82) is 0 Å². The van der Waals surface area contributed by atoms with Crippen molar-refractivity contribution in [3.05, 3.63) is 68.9 Å². The Labute approximate surface area is 149 Å². The van der Waals surface area contributed by atoms with Crippen molar-refractivity contribution in [2.45, 2.75) is 19.3 Å². The lowest BCUT2D eigenvalue weighted by Gasteiger charge is -2.24. The zero-order chi connectivity index (χ0) is 19.3. The predicted octanol–water partition coefficient (Wildman–Crippen LogP) is 2.16. The molecule has 0 aliphatic carbocycles. The third-order valence-electron chi connectivity index (χ3n) is 4.42. The zero-order valence-corrected chi connectivity index (χ0v) is 13.9. The van der Waals surface area contributed by atoms with Crippen molar-refractivity contribution < 1.29 is 18.0 Å². The summed E-state index contributed by atoms with van der Waals surface area (Å²) in [6.07, 6.45) is -0.152. The first-order valence-electron chi connectivity index (χ1n) is 7.95. The summed E-state index contributed by atoms with van der Waals surface area (Å²) >= 11 is 0. The molecule has 0 fully saturated rings. The minimum absolute atomic E-state index is 0.137. The summed E-state index contributed by atoms with van der Waals surface area (Å²) in [5.41, 5.74) is 0.365. The molecule has 27 heavy (non-hydrogen) atoms. The largest absolute Gasteiger partial charge is 0.310 e. The topological polar surface area (TPSA) is 92.7 Å². The molecule has 2 N–H and O–H groups in total. The van der Waals surface area contributed by atoms with Crippen LogP contribution in [0.3, 0.4) is 0 Å². The van der Waals surface area contributed by atoms with E-state index in [0.29, 0.717) is 11.3 Å². The van der Waals surface area contributed by atoms with Crippen LogP contribution in [0.1, 0.15) is 29.2 Å². The molecule has 0 saturated heterocycles. The fourth-order valence-corrected chi connectivity index (χ4v) is 3.24. The third kappa shape index (κ3) is 2.69. The van der Waals surface area contributed by atoms with E-state index < -0.39 is 34.8 Å². The summed E-state index contributed by atoms with van der Waals surface area (Å²) in [6, 6.07) is 4.58. The minimum atomic E-state index is -1.59. The SMILES string of the molecule is Cc1nn(-c2ccc(=O)[nH]n2)c2c1C(c1ccc(F)c(F)c1F)CC(=O)N2. The van der Waals surface area contributed by atoms with Crippen LogP contribution in [0.2, 0.25) is 0 Å². The Morgan fingerprint density at radius 2 is 1.89 bits per heavy atom. The monoisotopic (exact) mass is 375 g/mol. The van der Waals surface area contributed by atoms with Crippen molar-refractivity contribution in [3.63, 3.8) is 0 Å². The molecule has 1 unspecified atom stereocenters. The quantitative estimate of drug-likeness (QED) is 0.672. The number of halogens is 3. The Morgan fingerprint density at radius 1 is 1.11 bits per heavy atom. The molecule has 3 heterocycles. The Kier molecular flexibility index (Phi) is 3.83. The summed E-state index contributed by atoms with van der Waals surface area (Å²) < 4.78 is 42.6. The first-order chi connectivity index (χ1) is 12.9.